The Morgan fingerprint density at radius 2 is 1.96 bits per heavy atom. The van der Waals surface area contributed by atoms with E-state index in [1.165, 1.54) is 30.3 Å². The van der Waals surface area contributed by atoms with E-state index < -0.39 is 5.91 Å². The Bertz CT molecular complexity index is 863. The van der Waals surface area contributed by atoms with Gasteiger partial charge in [-0.3, -0.25) is 9.59 Å². The van der Waals surface area contributed by atoms with E-state index in [2.05, 4.69) is 10.6 Å². The van der Waals surface area contributed by atoms with Crippen molar-refractivity contribution in [3.8, 4) is 0 Å². The Labute approximate surface area is 164 Å². The van der Waals surface area contributed by atoms with Crippen LogP contribution in [0.5, 0.6) is 0 Å². The highest BCUT2D eigenvalue weighted by Gasteiger charge is 2.23. The number of fused-ring (bicyclic) bond motifs is 1. The zero-order chi connectivity index (χ0) is 18.7. The van der Waals surface area contributed by atoms with Gasteiger partial charge in [-0.2, -0.15) is 0 Å². The molecule has 1 unspecified atom stereocenters. The summed E-state index contributed by atoms with van der Waals surface area (Å²) in [5.41, 5.74) is 1.08. The molecule has 0 bridgehead atoms. The first kappa shape index (κ1) is 19.0. The summed E-state index contributed by atoms with van der Waals surface area (Å²) in [6.45, 7) is -0.187. The highest BCUT2D eigenvalue weighted by molar-refractivity contribution is 7.99. The van der Waals surface area contributed by atoms with Crippen LogP contribution in [0.15, 0.2) is 41.3 Å². The third-order valence-electron chi connectivity index (χ3n) is 3.94. The molecule has 1 aliphatic rings. The van der Waals surface area contributed by atoms with Gasteiger partial charge in [0.15, 0.2) is 0 Å². The lowest BCUT2D eigenvalue weighted by Crippen LogP contribution is -2.39. The van der Waals surface area contributed by atoms with Crippen molar-refractivity contribution in [2.75, 3.05) is 12.3 Å². The second-order valence-corrected chi connectivity index (χ2v) is 7.70. The highest BCUT2D eigenvalue weighted by Crippen LogP contribution is 2.36. The van der Waals surface area contributed by atoms with Crippen LogP contribution in [0.1, 0.15) is 28.4 Å². The van der Waals surface area contributed by atoms with Gasteiger partial charge in [-0.25, -0.2) is 4.39 Å². The third kappa shape index (κ3) is 4.50. The molecule has 0 spiro atoms. The van der Waals surface area contributed by atoms with E-state index in [0.717, 1.165) is 16.2 Å². The van der Waals surface area contributed by atoms with Crippen molar-refractivity contribution in [1.82, 2.24) is 10.6 Å². The molecule has 2 amide bonds. The van der Waals surface area contributed by atoms with Gasteiger partial charge in [0.2, 0.25) is 5.91 Å². The van der Waals surface area contributed by atoms with Gasteiger partial charge in [0.05, 0.1) is 22.6 Å². The van der Waals surface area contributed by atoms with Gasteiger partial charge in [0, 0.05) is 16.2 Å². The van der Waals surface area contributed by atoms with E-state index in [1.807, 2.05) is 0 Å². The van der Waals surface area contributed by atoms with Crippen molar-refractivity contribution in [3.63, 3.8) is 0 Å². The first-order chi connectivity index (χ1) is 12.4. The topological polar surface area (TPSA) is 58.2 Å². The molecule has 2 aromatic rings. The van der Waals surface area contributed by atoms with Crippen molar-refractivity contribution in [2.45, 2.75) is 17.4 Å². The van der Waals surface area contributed by atoms with E-state index in [9.17, 15) is 14.0 Å². The smallest absolute Gasteiger partial charge is 0.251 e. The maximum absolute atomic E-state index is 13.5. The summed E-state index contributed by atoms with van der Waals surface area (Å²) < 4.78 is 13.5. The molecule has 0 aliphatic carbocycles. The van der Waals surface area contributed by atoms with Crippen LogP contribution in [-0.2, 0) is 4.79 Å². The number of carbonyl (C=O) groups excluding carboxylic acids is 2. The predicted molar refractivity (Wildman–Crippen MR) is 101 cm³/mol. The summed E-state index contributed by atoms with van der Waals surface area (Å²) >= 11 is 13.3. The van der Waals surface area contributed by atoms with E-state index >= 15 is 0 Å². The Morgan fingerprint density at radius 3 is 2.73 bits per heavy atom. The molecule has 1 aliphatic heterocycles. The van der Waals surface area contributed by atoms with Crippen LogP contribution >= 0.6 is 35.0 Å². The van der Waals surface area contributed by atoms with Crippen molar-refractivity contribution in [1.29, 1.82) is 0 Å². The lowest BCUT2D eigenvalue weighted by atomic mass is 10.0. The monoisotopic (exact) mass is 412 g/mol. The van der Waals surface area contributed by atoms with Crippen LogP contribution in [0.4, 0.5) is 4.39 Å². The molecule has 136 valence electrons. The van der Waals surface area contributed by atoms with E-state index in [0.29, 0.717) is 17.0 Å². The van der Waals surface area contributed by atoms with Crippen molar-refractivity contribution in [2.24, 2.45) is 0 Å². The number of thioether (sulfide) groups is 1. The van der Waals surface area contributed by atoms with Crippen molar-refractivity contribution < 1.29 is 14.0 Å². The zero-order valence-electron chi connectivity index (χ0n) is 13.5. The number of benzene rings is 2. The molecule has 0 radical (unpaired) electrons. The summed E-state index contributed by atoms with van der Waals surface area (Å²) in [4.78, 5) is 25.3. The predicted octanol–water partition coefficient (Wildman–Crippen LogP) is 4.22. The van der Waals surface area contributed by atoms with Crippen LogP contribution < -0.4 is 10.6 Å². The quantitative estimate of drug-likeness (QED) is 0.790. The molecule has 2 N–H and O–H groups in total. The number of carbonyl (C=O) groups is 2. The average molecular weight is 413 g/mol. The van der Waals surface area contributed by atoms with Gasteiger partial charge in [-0.1, -0.05) is 23.2 Å². The number of halogens is 3. The van der Waals surface area contributed by atoms with E-state index in [1.54, 1.807) is 17.8 Å². The van der Waals surface area contributed by atoms with Gasteiger partial charge in [0.1, 0.15) is 5.82 Å². The third-order valence-corrected chi connectivity index (χ3v) is 5.80. The minimum Gasteiger partial charge on any atom is -0.348 e. The van der Waals surface area contributed by atoms with Gasteiger partial charge < -0.3 is 10.6 Å². The summed E-state index contributed by atoms with van der Waals surface area (Å²) in [5, 5.41) is 6.00. The second-order valence-electron chi connectivity index (χ2n) is 5.75. The molecule has 0 aromatic heterocycles. The number of hydrogen-bond donors (Lipinski definition) is 2. The molecule has 4 nitrogen and oxygen atoms in total. The van der Waals surface area contributed by atoms with E-state index in [4.69, 9.17) is 23.2 Å². The van der Waals surface area contributed by atoms with Gasteiger partial charge in [-0.05, 0) is 48.4 Å². The molecule has 8 heteroatoms. The minimum atomic E-state index is -0.427. The molecule has 1 atom stereocenters. The molecule has 26 heavy (non-hydrogen) atoms. The van der Waals surface area contributed by atoms with Gasteiger partial charge >= 0.3 is 0 Å². The molecule has 2 aromatic carbocycles. The van der Waals surface area contributed by atoms with Crippen molar-refractivity contribution >= 4 is 46.8 Å². The standard InChI is InChI=1S/C18H15Cl2FN2O2S/c19-13-3-1-10(7-14(13)20)18(25)22-9-17(24)23-15-5-6-26-16-4-2-11(21)8-12(15)16/h1-4,7-8,15H,5-6,9H2,(H,22,25)(H,23,24). The van der Waals surface area contributed by atoms with Crippen LogP contribution in [0.3, 0.4) is 0 Å². The summed E-state index contributed by atoms with van der Waals surface area (Å²) in [6.07, 6.45) is 0.702. The normalized spacial score (nSPS) is 15.9. The first-order valence-electron chi connectivity index (χ1n) is 7.89. The Hall–Kier alpha value is -1.76. The summed E-state index contributed by atoms with van der Waals surface area (Å²) in [7, 11) is 0. The van der Waals surface area contributed by atoms with Crippen LogP contribution in [0, 0.1) is 5.82 Å². The number of rotatable bonds is 4. The van der Waals surface area contributed by atoms with Crippen LogP contribution in [0.25, 0.3) is 0 Å². The molecule has 1 heterocycles. The molecule has 0 fully saturated rings. The maximum atomic E-state index is 13.5. The first-order valence-corrected chi connectivity index (χ1v) is 9.63. The van der Waals surface area contributed by atoms with Crippen LogP contribution in [0.2, 0.25) is 10.0 Å². The van der Waals surface area contributed by atoms with Crippen LogP contribution in [-0.4, -0.2) is 24.1 Å². The zero-order valence-corrected chi connectivity index (χ0v) is 15.8. The Balaban J connectivity index is 1.59. The summed E-state index contributed by atoms with van der Waals surface area (Å²) in [6, 6.07) is 8.79. The van der Waals surface area contributed by atoms with E-state index in [-0.39, 0.29) is 29.3 Å². The fourth-order valence-electron chi connectivity index (χ4n) is 2.66. The fraction of sp³-hybridized carbons (Fsp3) is 0.222. The molecule has 3 rings (SSSR count). The molecule has 0 saturated carbocycles. The van der Waals surface area contributed by atoms with Gasteiger partial charge in [0.25, 0.3) is 5.91 Å². The molecular weight excluding hydrogens is 398 g/mol. The maximum Gasteiger partial charge on any atom is 0.251 e. The largest absolute Gasteiger partial charge is 0.348 e. The summed E-state index contributed by atoms with van der Waals surface area (Å²) in [5.74, 6) is -0.271. The SMILES string of the molecule is O=C(CNC(=O)c1ccc(Cl)c(Cl)c1)NC1CCSc2ccc(F)cc21. The fourth-order valence-corrected chi connectivity index (χ4v) is 4.06. The average Bonchev–Trinajstić information content (AvgIpc) is 2.62. The number of nitrogens with one attached hydrogen (secondary N) is 2. The Kier molecular flexibility index (Phi) is 6.06. The minimum absolute atomic E-state index is 0.187. The Morgan fingerprint density at radius 1 is 1.15 bits per heavy atom. The van der Waals surface area contributed by atoms with Crippen molar-refractivity contribution in [3.05, 3.63) is 63.4 Å². The second kappa shape index (κ2) is 8.29. The number of amides is 2. The molecule has 0 saturated heterocycles. The lowest BCUT2D eigenvalue weighted by Gasteiger charge is -2.26. The molecular formula is C18H15Cl2FN2O2S. The highest BCUT2D eigenvalue weighted by atomic mass is 35.5. The lowest BCUT2D eigenvalue weighted by molar-refractivity contribution is -0.120. The number of hydrogen-bond acceptors (Lipinski definition) is 3. The van der Waals surface area contributed by atoms with Gasteiger partial charge in [-0.15, -0.1) is 11.8 Å².